The third kappa shape index (κ3) is 2.86. The number of nitrogens with zero attached hydrogens (tertiary/aromatic N) is 1. The van der Waals surface area contributed by atoms with E-state index in [2.05, 4.69) is 17.5 Å². The van der Waals surface area contributed by atoms with Gasteiger partial charge in [-0.1, -0.05) is 48.6 Å². The first-order valence-corrected chi connectivity index (χ1v) is 12.4. The van der Waals surface area contributed by atoms with Gasteiger partial charge in [0.25, 0.3) is 10.0 Å². The van der Waals surface area contributed by atoms with Gasteiger partial charge in [-0.15, -0.1) is 0 Å². The van der Waals surface area contributed by atoms with Gasteiger partial charge in [0.15, 0.2) is 0 Å². The first kappa shape index (κ1) is 19.4. The fourth-order valence-corrected chi connectivity index (χ4v) is 7.02. The standard InChI is InChI=1S/C26H24N2O3S/c29-25-11-4-2-7-21(25)26-20-9-5-8-19(20)22-16-18(12-13-23(22)27-26)32(30,31)28-15-14-17-6-1-3-10-24(17)28/h1-8,10-13,16,19-20,26-27,29H,9,14-15H2. The molecule has 2 N–H and O–H groups in total. The predicted molar refractivity (Wildman–Crippen MR) is 126 cm³/mol. The second kappa shape index (κ2) is 7.14. The number of para-hydroxylation sites is 2. The zero-order valence-electron chi connectivity index (χ0n) is 17.5. The van der Waals surface area contributed by atoms with Gasteiger partial charge in [-0.3, -0.25) is 4.31 Å². The molecular formula is C26H24N2O3S. The van der Waals surface area contributed by atoms with Crippen LogP contribution in [0, 0.1) is 5.92 Å². The molecule has 1 aliphatic carbocycles. The van der Waals surface area contributed by atoms with E-state index >= 15 is 0 Å². The Bertz CT molecular complexity index is 1350. The number of phenols is 1. The molecule has 6 rings (SSSR count). The summed E-state index contributed by atoms with van der Waals surface area (Å²) in [5.74, 6) is 0.615. The number of hydrogen-bond donors (Lipinski definition) is 2. The topological polar surface area (TPSA) is 69.6 Å². The molecule has 3 unspecified atom stereocenters. The van der Waals surface area contributed by atoms with Crippen LogP contribution in [0.2, 0.25) is 0 Å². The van der Waals surface area contributed by atoms with Crippen molar-refractivity contribution in [2.24, 2.45) is 5.92 Å². The Hall–Kier alpha value is -3.25. The first-order chi connectivity index (χ1) is 15.5. The van der Waals surface area contributed by atoms with Crippen LogP contribution in [0.5, 0.6) is 5.75 Å². The van der Waals surface area contributed by atoms with Crippen LogP contribution < -0.4 is 9.62 Å². The number of nitrogens with one attached hydrogen (secondary N) is 1. The van der Waals surface area contributed by atoms with Crippen LogP contribution in [0.25, 0.3) is 0 Å². The van der Waals surface area contributed by atoms with E-state index in [0.29, 0.717) is 11.4 Å². The average molecular weight is 445 g/mol. The average Bonchev–Trinajstić information content (AvgIpc) is 3.46. The molecule has 2 heterocycles. The number of sulfonamides is 1. The highest BCUT2D eigenvalue weighted by Crippen LogP contribution is 2.51. The number of allylic oxidation sites excluding steroid dienone is 2. The van der Waals surface area contributed by atoms with Crippen LogP contribution >= 0.6 is 0 Å². The molecule has 0 saturated heterocycles. The highest BCUT2D eigenvalue weighted by atomic mass is 32.2. The summed E-state index contributed by atoms with van der Waals surface area (Å²) in [5.41, 5.74) is 4.65. The van der Waals surface area contributed by atoms with Crippen molar-refractivity contribution in [2.45, 2.75) is 29.7 Å². The van der Waals surface area contributed by atoms with Crippen LogP contribution in [0.15, 0.2) is 83.8 Å². The number of hydrogen-bond acceptors (Lipinski definition) is 4. The third-order valence-corrected chi connectivity index (χ3v) is 8.85. The Morgan fingerprint density at radius 1 is 0.969 bits per heavy atom. The molecule has 0 amide bonds. The molecule has 0 fully saturated rings. The van der Waals surface area contributed by atoms with E-state index in [9.17, 15) is 13.5 Å². The number of rotatable bonds is 3. The largest absolute Gasteiger partial charge is 0.508 e. The monoisotopic (exact) mass is 444 g/mol. The normalized spacial score (nSPS) is 23.4. The molecule has 3 aromatic carbocycles. The fraction of sp³-hybridized carbons (Fsp3) is 0.231. The van der Waals surface area contributed by atoms with Crippen molar-refractivity contribution >= 4 is 21.4 Å². The van der Waals surface area contributed by atoms with E-state index in [0.717, 1.165) is 40.9 Å². The van der Waals surface area contributed by atoms with Gasteiger partial charge in [-0.05, 0) is 60.2 Å². The summed E-state index contributed by atoms with van der Waals surface area (Å²) in [7, 11) is -3.65. The fourth-order valence-electron chi connectivity index (χ4n) is 5.48. The van der Waals surface area contributed by atoms with Crippen molar-refractivity contribution in [3.05, 3.63) is 95.6 Å². The Morgan fingerprint density at radius 2 is 1.78 bits per heavy atom. The van der Waals surface area contributed by atoms with Crippen molar-refractivity contribution < 1.29 is 13.5 Å². The van der Waals surface area contributed by atoms with Crippen LogP contribution in [-0.2, 0) is 16.4 Å². The minimum atomic E-state index is -3.65. The van der Waals surface area contributed by atoms with Gasteiger partial charge in [0.1, 0.15) is 5.75 Å². The lowest BCUT2D eigenvalue weighted by atomic mass is 9.77. The summed E-state index contributed by atoms with van der Waals surface area (Å²) in [6, 6.07) is 20.5. The third-order valence-electron chi connectivity index (χ3n) is 7.04. The van der Waals surface area contributed by atoms with E-state index in [4.69, 9.17) is 0 Å². The van der Waals surface area contributed by atoms with Crippen LogP contribution in [0.4, 0.5) is 11.4 Å². The van der Waals surface area contributed by atoms with Gasteiger partial charge >= 0.3 is 0 Å². The van der Waals surface area contributed by atoms with E-state index < -0.39 is 10.0 Å². The Kier molecular flexibility index (Phi) is 4.33. The van der Waals surface area contributed by atoms with Gasteiger partial charge in [0, 0.05) is 23.7 Å². The lowest BCUT2D eigenvalue weighted by molar-refractivity contribution is 0.402. The summed E-state index contributed by atoms with van der Waals surface area (Å²) in [5, 5.41) is 14.0. The van der Waals surface area contributed by atoms with Crippen molar-refractivity contribution in [1.29, 1.82) is 0 Å². The number of fused-ring (bicyclic) bond motifs is 4. The van der Waals surface area contributed by atoms with E-state index in [1.54, 1.807) is 12.1 Å². The molecule has 0 spiro atoms. The molecule has 6 heteroatoms. The second-order valence-corrected chi connectivity index (χ2v) is 10.6. The molecular weight excluding hydrogens is 420 g/mol. The number of anilines is 2. The summed E-state index contributed by atoms with van der Waals surface area (Å²) in [6.07, 6.45) is 5.96. The quantitative estimate of drug-likeness (QED) is 0.560. The zero-order chi connectivity index (χ0) is 21.9. The molecule has 0 saturated carbocycles. The molecule has 0 radical (unpaired) electrons. The lowest BCUT2D eigenvalue weighted by Crippen LogP contribution is -2.31. The van der Waals surface area contributed by atoms with Crippen molar-refractivity contribution in [3.63, 3.8) is 0 Å². The molecule has 3 aromatic rings. The molecule has 5 nitrogen and oxygen atoms in total. The Balaban J connectivity index is 1.40. The molecule has 32 heavy (non-hydrogen) atoms. The van der Waals surface area contributed by atoms with E-state index in [-0.39, 0.29) is 23.6 Å². The van der Waals surface area contributed by atoms with Gasteiger partial charge < -0.3 is 10.4 Å². The van der Waals surface area contributed by atoms with E-state index in [1.807, 2.05) is 54.6 Å². The summed E-state index contributed by atoms with van der Waals surface area (Å²) in [6.45, 7) is 0.471. The summed E-state index contributed by atoms with van der Waals surface area (Å²) >= 11 is 0. The molecule has 162 valence electrons. The van der Waals surface area contributed by atoms with Crippen molar-refractivity contribution in [2.75, 3.05) is 16.2 Å². The van der Waals surface area contributed by atoms with Gasteiger partial charge in [-0.25, -0.2) is 8.42 Å². The van der Waals surface area contributed by atoms with E-state index in [1.165, 1.54) is 4.31 Å². The predicted octanol–water partition coefficient (Wildman–Crippen LogP) is 4.97. The van der Waals surface area contributed by atoms with Gasteiger partial charge in [0.2, 0.25) is 0 Å². The minimum Gasteiger partial charge on any atom is -0.508 e. The Morgan fingerprint density at radius 3 is 2.66 bits per heavy atom. The molecule has 0 aromatic heterocycles. The lowest BCUT2D eigenvalue weighted by Gasteiger charge is -2.38. The van der Waals surface area contributed by atoms with Crippen LogP contribution in [-0.4, -0.2) is 20.1 Å². The minimum absolute atomic E-state index is 0.0309. The smallest absolute Gasteiger partial charge is 0.264 e. The molecule has 3 atom stereocenters. The highest BCUT2D eigenvalue weighted by Gasteiger charge is 2.40. The first-order valence-electron chi connectivity index (χ1n) is 11.0. The maximum atomic E-state index is 13.6. The number of aromatic hydroxyl groups is 1. The maximum absolute atomic E-state index is 13.6. The van der Waals surface area contributed by atoms with Crippen LogP contribution in [0.3, 0.4) is 0 Å². The van der Waals surface area contributed by atoms with Crippen LogP contribution in [0.1, 0.15) is 35.1 Å². The Labute approximate surface area is 188 Å². The number of benzene rings is 3. The highest BCUT2D eigenvalue weighted by molar-refractivity contribution is 7.92. The molecule has 2 aliphatic heterocycles. The van der Waals surface area contributed by atoms with Crippen molar-refractivity contribution in [3.8, 4) is 5.75 Å². The van der Waals surface area contributed by atoms with Crippen molar-refractivity contribution in [1.82, 2.24) is 0 Å². The maximum Gasteiger partial charge on any atom is 0.264 e. The second-order valence-electron chi connectivity index (χ2n) is 8.74. The van der Waals surface area contributed by atoms with Gasteiger partial charge in [0.05, 0.1) is 16.6 Å². The van der Waals surface area contributed by atoms with Gasteiger partial charge in [-0.2, -0.15) is 0 Å². The SMILES string of the molecule is O=S(=O)(c1ccc2c(c1)C1C=CCC1C(c1ccccc1O)N2)N1CCc2ccccc21. The zero-order valence-corrected chi connectivity index (χ0v) is 18.3. The number of phenolic OH excluding ortho intramolecular Hbond substituents is 1. The summed E-state index contributed by atoms with van der Waals surface area (Å²) < 4.78 is 28.7. The summed E-state index contributed by atoms with van der Waals surface area (Å²) in [4.78, 5) is 0.329. The molecule has 0 bridgehead atoms. The molecule has 3 aliphatic rings.